The first-order valence-electron chi connectivity index (χ1n) is 6.05. The van der Waals surface area contributed by atoms with E-state index in [2.05, 4.69) is 33.6 Å². The van der Waals surface area contributed by atoms with Crippen LogP contribution in [0, 0.1) is 24.2 Å². The third-order valence-corrected chi connectivity index (χ3v) is 2.54. The third-order valence-electron chi connectivity index (χ3n) is 2.54. The van der Waals surface area contributed by atoms with Crippen molar-refractivity contribution in [2.45, 2.75) is 65.4 Å². The quantitative estimate of drug-likeness (QED) is 0.503. The fourth-order valence-corrected chi connectivity index (χ4v) is 2.33. The van der Waals surface area contributed by atoms with Crippen molar-refractivity contribution in [2.75, 3.05) is 0 Å². The highest BCUT2D eigenvalue weighted by molar-refractivity contribution is 4.87. The maximum absolute atomic E-state index is 10.5. The molecule has 0 aliphatic heterocycles. The van der Waals surface area contributed by atoms with Crippen LogP contribution in [0.4, 0.5) is 0 Å². The van der Waals surface area contributed by atoms with E-state index >= 15 is 0 Å². The van der Waals surface area contributed by atoms with Crippen molar-refractivity contribution in [1.82, 2.24) is 0 Å². The molecule has 1 heteroatoms. The normalized spacial score (nSPS) is 12.1. The molecular formula is C14H26O. The van der Waals surface area contributed by atoms with Crippen molar-refractivity contribution >= 4 is 0 Å². The summed E-state index contributed by atoms with van der Waals surface area (Å²) in [5, 5.41) is 10.5. The Balaban J connectivity index is 4.21. The van der Waals surface area contributed by atoms with Crippen LogP contribution in [-0.4, -0.2) is 10.7 Å². The van der Waals surface area contributed by atoms with Gasteiger partial charge in [0.2, 0.25) is 0 Å². The van der Waals surface area contributed by atoms with Crippen molar-refractivity contribution in [3.8, 4) is 12.3 Å². The average molecular weight is 210 g/mol. The lowest BCUT2D eigenvalue weighted by atomic mass is 9.81. The monoisotopic (exact) mass is 210 g/mol. The second-order valence-corrected chi connectivity index (χ2v) is 5.48. The molecule has 0 unspecified atom stereocenters. The van der Waals surface area contributed by atoms with Gasteiger partial charge in [-0.05, 0) is 37.5 Å². The van der Waals surface area contributed by atoms with Gasteiger partial charge in [0, 0.05) is 6.42 Å². The molecule has 0 aliphatic carbocycles. The van der Waals surface area contributed by atoms with Crippen LogP contribution < -0.4 is 0 Å². The molecule has 0 aromatic heterocycles. The molecule has 88 valence electrons. The van der Waals surface area contributed by atoms with Gasteiger partial charge in [0.25, 0.3) is 0 Å². The van der Waals surface area contributed by atoms with E-state index in [1.54, 1.807) is 0 Å². The lowest BCUT2D eigenvalue weighted by Gasteiger charge is -2.31. The van der Waals surface area contributed by atoms with Crippen LogP contribution in [0.1, 0.15) is 59.8 Å². The average Bonchev–Trinajstić information content (AvgIpc) is 2.00. The molecule has 0 heterocycles. The fourth-order valence-electron chi connectivity index (χ4n) is 2.33. The van der Waals surface area contributed by atoms with Gasteiger partial charge in [-0.3, -0.25) is 0 Å². The van der Waals surface area contributed by atoms with Gasteiger partial charge in [0.15, 0.2) is 0 Å². The first-order chi connectivity index (χ1) is 6.89. The van der Waals surface area contributed by atoms with Gasteiger partial charge in [-0.25, -0.2) is 0 Å². The lowest BCUT2D eigenvalue weighted by Crippen LogP contribution is -2.32. The number of hydrogen-bond donors (Lipinski definition) is 1. The van der Waals surface area contributed by atoms with Crippen LogP contribution in [-0.2, 0) is 0 Å². The maximum atomic E-state index is 10.5. The Labute approximate surface area is 95.3 Å². The Morgan fingerprint density at radius 2 is 1.60 bits per heavy atom. The van der Waals surface area contributed by atoms with E-state index in [4.69, 9.17) is 6.42 Å². The Morgan fingerprint density at radius 3 is 1.93 bits per heavy atom. The fraction of sp³-hybridized carbons (Fsp3) is 0.857. The smallest absolute Gasteiger partial charge is 0.0653 e. The van der Waals surface area contributed by atoms with E-state index in [0.717, 1.165) is 32.1 Å². The second-order valence-electron chi connectivity index (χ2n) is 5.48. The molecule has 0 atom stereocenters. The highest BCUT2D eigenvalue weighted by Crippen LogP contribution is 2.29. The Kier molecular flexibility index (Phi) is 6.68. The summed E-state index contributed by atoms with van der Waals surface area (Å²) in [6.45, 7) is 8.64. The number of rotatable bonds is 7. The van der Waals surface area contributed by atoms with Gasteiger partial charge in [-0.15, -0.1) is 12.3 Å². The molecule has 0 amide bonds. The molecule has 15 heavy (non-hydrogen) atoms. The van der Waals surface area contributed by atoms with Crippen molar-refractivity contribution in [3.05, 3.63) is 0 Å². The molecule has 0 radical (unpaired) electrons. The molecule has 0 rings (SSSR count). The van der Waals surface area contributed by atoms with Crippen molar-refractivity contribution in [1.29, 1.82) is 0 Å². The molecule has 1 nitrogen and oxygen atoms in total. The van der Waals surface area contributed by atoms with Crippen molar-refractivity contribution in [3.63, 3.8) is 0 Å². The summed E-state index contributed by atoms with van der Waals surface area (Å²) in [5.41, 5.74) is -0.501. The van der Waals surface area contributed by atoms with E-state index in [-0.39, 0.29) is 0 Å². The van der Waals surface area contributed by atoms with Crippen LogP contribution in [0.25, 0.3) is 0 Å². The molecule has 0 bridgehead atoms. The Bertz CT molecular complexity index is 188. The number of terminal acetylenes is 1. The molecule has 0 aromatic rings. The zero-order valence-electron chi connectivity index (χ0n) is 10.7. The van der Waals surface area contributed by atoms with E-state index in [0.29, 0.717) is 11.8 Å². The first-order valence-corrected chi connectivity index (χ1v) is 6.05. The number of hydrogen-bond acceptors (Lipinski definition) is 1. The van der Waals surface area contributed by atoms with Crippen molar-refractivity contribution in [2.24, 2.45) is 11.8 Å². The van der Waals surface area contributed by atoms with Crippen LogP contribution in [0.5, 0.6) is 0 Å². The number of unbranched alkanes of at least 4 members (excludes halogenated alkanes) is 1. The van der Waals surface area contributed by atoms with Gasteiger partial charge in [-0.1, -0.05) is 27.7 Å². The van der Waals surface area contributed by atoms with Gasteiger partial charge in [-0.2, -0.15) is 0 Å². The van der Waals surface area contributed by atoms with Crippen LogP contribution in [0.15, 0.2) is 0 Å². The summed E-state index contributed by atoms with van der Waals surface area (Å²) in [6.07, 6.45) is 9.55. The molecule has 0 aliphatic rings. The van der Waals surface area contributed by atoms with Crippen molar-refractivity contribution < 1.29 is 5.11 Å². The highest BCUT2D eigenvalue weighted by atomic mass is 16.3. The molecule has 1 N–H and O–H groups in total. The topological polar surface area (TPSA) is 20.2 Å². The highest BCUT2D eigenvalue weighted by Gasteiger charge is 2.28. The SMILES string of the molecule is C#CCCCC(O)(CC(C)C)CC(C)C. The summed E-state index contributed by atoms with van der Waals surface area (Å²) >= 11 is 0. The van der Waals surface area contributed by atoms with Crippen LogP contribution in [0.3, 0.4) is 0 Å². The minimum atomic E-state index is -0.501. The third kappa shape index (κ3) is 7.45. The summed E-state index contributed by atoms with van der Waals surface area (Å²) in [4.78, 5) is 0. The van der Waals surface area contributed by atoms with Crippen LogP contribution in [0.2, 0.25) is 0 Å². The molecule has 0 aromatic carbocycles. The Morgan fingerprint density at radius 1 is 1.13 bits per heavy atom. The minimum absolute atomic E-state index is 0.501. The zero-order valence-corrected chi connectivity index (χ0v) is 10.7. The van der Waals surface area contributed by atoms with E-state index in [1.807, 2.05) is 0 Å². The molecule has 0 saturated heterocycles. The van der Waals surface area contributed by atoms with Crippen LogP contribution >= 0.6 is 0 Å². The standard InChI is InChI=1S/C14H26O/c1-6-7-8-9-14(15,10-12(2)3)11-13(4)5/h1,12-13,15H,7-11H2,2-5H3. The van der Waals surface area contributed by atoms with E-state index < -0.39 is 5.60 Å². The molecule has 0 spiro atoms. The largest absolute Gasteiger partial charge is 0.390 e. The van der Waals surface area contributed by atoms with Gasteiger partial charge in [0.05, 0.1) is 5.60 Å². The first kappa shape index (κ1) is 14.5. The predicted molar refractivity (Wildman–Crippen MR) is 66.5 cm³/mol. The number of aliphatic hydroxyl groups is 1. The van der Waals surface area contributed by atoms with Gasteiger partial charge >= 0.3 is 0 Å². The maximum Gasteiger partial charge on any atom is 0.0653 e. The summed E-state index contributed by atoms with van der Waals surface area (Å²) in [7, 11) is 0. The van der Waals surface area contributed by atoms with Gasteiger partial charge in [0.1, 0.15) is 0 Å². The molecule has 0 saturated carbocycles. The van der Waals surface area contributed by atoms with Gasteiger partial charge < -0.3 is 5.11 Å². The predicted octanol–water partition coefficient (Wildman–Crippen LogP) is 3.61. The summed E-state index contributed by atoms with van der Waals surface area (Å²) in [6, 6.07) is 0. The lowest BCUT2D eigenvalue weighted by molar-refractivity contribution is -0.00863. The zero-order chi connectivity index (χ0) is 11.9. The summed E-state index contributed by atoms with van der Waals surface area (Å²) in [5.74, 6) is 3.72. The Hall–Kier alpha value is -0.480. The summed E-state index contributed by atoms with van der Waals surface area (Å²) < 4.78 is 0. The minimum Gasteiger partial charge on any atom is -0.390 e. The molecule has 0 fully saturated rings. The van der Waals surface area contributed by atoms with E-state index in [9.17, 15) is 5.11 Å². The molecular weight excluding hydrogens is 184 g/mol. The second kappa shape index (κ2) is 6.90. The van der Waals surface area contributed by atoms with E-state index in [1.165, 1.54) is 0 Å².